The summed E-state index contributed by atoms with van der Waals surface area (Å²) < 4.78 is 7.20. The maximum atomic E-state index is 5.38. The molecular formula is C16H24N6O. The summed E-state index contributed by atoms with van der Waals surface area (Å²) >= 11 is 0. The second kappa shape index (κ2) is 7.06. The van der Waals surface area contributed by atoms with Crippen molar-refractivity contribution in [2.24, 2.45) is 0 Å². The Morgan fingerprint density at radius 1 is 1.26 bits per heavy atom. The predicted octanol–water partition coefficient (Wildman–Crippen LogP) is 1.41. The Labute approximate surface area is 136 Å². The fourth-order valence-electron chi connectivity index (χ4n) is 2.86. The number of rotatable bonds is 5. The van der Waals surface area contributed by atoms with Crippen LogP contribution in [0.2, 0.25) is 0 Å². The molecule has 2 aromatic rings. The van der Waals surface area contributed by atoms with Gasteiger partial charge in [-0.25, -0.2) is 9.67 Å². The van der Waals surface area contributed by atoms with Crippen molar-refractivity contribution in [3.05, 3.63) is 29.8 Å². The monoisotopic (exact) mass is 316 g/mol. The Morgan fingerprint density at radius 3 is 2.74 bits per heavy atom. The molecule has 0 saturated carbocycles. The van der Waals surface area contributed by atoms with Crippen LogP contribution in [0.4, 0.5) is 5.82 Å². The summed E-state index contributed by atoms with van der Waals surface area (Å²) in [4.78, 5) is 11.3. The summed E-state index contributed by atoms with van der Waals surface area (Å²) in [5.41, 5.74) is 2.03. The van der Waals surface area contributed by atoms with Gasteiger partial charge in [0.05, 0.1) is 31.3 Å². The summed E-state index contributed by atoms with van der Waals surface area (Å²) in [5.74, 6) is 1.51. The van der Waals surface area contributed by atoms with E-state index in [1.807, 2.05) is 24.6 Å². The molecular weight excluding hydrogens is 292 g/mol. The van der Waals surface area contributed by atoms with Crippen LogP contribution in [0.25, 0.3) is 5.82 Å². The van der Waals surface area contributed by atoms with E-state index in [4.69, 9.17) is 4.74 Å². The zero-order valence-corrected chi connectivity index (χ0v) is 14.0. The molecule has 1 saturated heterocycles. The number of aromatic nitrogens is 4. The molecule has 0 radical (unpaired) electrons. The highest BCUT2D eigenvalue weighted by molar-refractivity contribution is 5.37. The third-order valence-corrected chi connectivity index (χ3v) is 3.88. The van der Waals surface area contributed by atoms with Gasteiger partial charge in [0.2, 0.25) is 0 Å². The Hall–Kier alpha value is -1.99. The molecule has 23 heavy (non-hydrogen) atoms. The molecule has 7 heteroatoms. The third-order valence-electron chi connectivity index (χ3n) is 3.88. The lowest BCUT2D eigenvalue weighted by molar-refractivity contribution is 0.0368. The minimum absolute atomic E-state index is 0.290. The van der Waals surface area contributed by atoms with Gasteiger partial charge in [-0.15, -0.1) is 0 Å². The predicted molar refractivity (Wildman–Crippen MR) is 89.0 cm³/mol. The van der Waals surface area contributed by atoms with Crippen molar-refractivity contribution in [2.45, 2.75) is 26.8 Å². The van der Waals surface area contributed by atoms with Gasteiger partial charge in [0, 0.05) is 31.4 Å². The molecule has 124 valence electrons. The van der Waals surface area contributed by atoms with Gasteiger partial charge in [0.1, 0.15) is 5.82 Å². The standard InChI is InChI=1S/C16H24N6O/c1-12-8-14(3)22(20-12)16-10-17-9-15(19-16)18-13(2)11-21-4-6-23-7-5-21/h8-10,13H,4-7,11H2,1-3H3,(H,18,19). The first-order chi connectivity index (χ1) is 11.1. The second-order valence-electron chi connectivity index (χ2n) is 6.06. The van der Waals surface area contributed by atoms with E-state index in [0.29, 0.717) is 0 Å². The highest BCUT2D eigenvalue weighted by atomic mass is 16.5. The molecule has 1 N–H and O–H groups in total. The molecule has 1 atom stereocenters. The Morgan fingerprint density at radius 2 is 2.04 bits per heavy atom. The van der Waals surface area contributed by atoms with Crippen LogP contribution in [0, 0.1) is 13.8 Å². The first-order valence-electron chi connectivity index (χ1n) is 8.04. The lowest BCUT2D eigenvalue weighted by Crippen LogP contribution is -2.42. The van der Waals surface area contributed by atoms with Crippen molar-refractivity contribution in [1.29, 1.82) is 0 Å². The van der Waals surface area contributed by atoms with Crippen LogP contribution in [-0.4, -0.2) is 63.5 Å². The SMILES string of the molecule is Cc1cc(C)n(-c2cncc(NC(C)CN3CCOCC3)n2)n1. The van der Waals surface area contributed by atoms with Gasteiger partial charge < -0.3 is 10.1 Å². The first kappa shape index (κ1) is 15.9. The minimum atomic E-state index is 0.290. The number of morpholine rings is 1. The molecule has 0 bridgehead atoms. The smallest absolute Gasteiger partial charge is 0.174 e. The van der Waals surface area contributed by atoms with Crippen molar-refractivity contribution in [3.8, 4) is 5.82 Å². The molecule has 7 nitrogen and oxygen atoms in total. The summed E-state index contributed by atoms with van der Waals surface area (Å²) in [7, 11) is 0. The number of hydrogen-bond acceptors (Lipinski definition) is 6. The van der Waals surface area contributed by atoms with Gasteiger partial charge in [0.25, 0.3) is 0 Å². The van der Waals surface area contributed by atoms with Gasteiger partial charge >= 0.3 is 0 Å². The van der Waals surface area contributed by atoms with Gasteiger partial charge in [-0.05, 0) is 26.8 Å². The van der Waals surface area contributed by atoms with Gasteiger partial charge in [-0.3, -0.25) is 9.88 Å². The third kappa shape index (κ3) is 4.05. The zero-order valence-electron chi connectivity index (χ0n) is 14.0. The highest BCUT2D eigenvalue weighted by Crippen LogP contribution is 2.12. The van der Waals surface area contributed by atoms with Crippen LogP contribution >= 0.6 is 0 Å². The molecule has 3 rings (SSSR count). The van der Waals surface area contributed by atoms with Crippen molar-refractivity contribution in [1.82, 2.24) is 24.6 Å². The molecule has 0 aliphatic carbocycles. The van der Waals surface area contributed by atoms with Crippen LogP contribution in [0.15, 0.2) is 18.5 Å². The van der Waals surface area contributed by atoms with Crippen molar-refractivity contribution < 1.29 is 4.74 Å². The number of nitrogens with one attached hydrogen (secondary N) is 1. The fraction of sp³-hybridized carbons (Fsp3) is 0.562. The van der Waals surface area contributed by atoms with E-state index < -0.39 is 0 Å². The Balaban J connectivity index is 1.66. The summed E-state index contributed by atoms with van der Waals surface area (Å²) in [6, 6.07) is 2.32. The number of aryl methyl sites for hydroxylation is 2. The molecule has 0 spiro atoms. The molecule has 1 unspecified atom stereocenters. The number of nitrogens with zero attached hydrogens (tertiary/aromatic N) is 5. The zero-order chi connectivity index (χ0) is 16.2. The fourth-order valence-corrected chi connectivity index (χ4v) is 2.86. The molecule has 1 aliphatic rings. The number of anilines is 1. The maximum absolute atomic E-state index is 5.38. The van der Waals surface area contributed by atoms with E-state index in [1.54, 1.807) is 12.4 Å². The van der Waals surface area contributed by atoms with Gasteiger partial charge in [0.15, 0.2) is 5.82 Å². The Kier molecular flexibility index (Phi) is 4.88. The summed E-state index contributed by atoms with van der Waals surface area (Å²) in [6.45, 7) is 10.7. The molecule has 2 aromatic heterocycles. The lowest BCUT2D eigenvalue weighted by atomic mass is 10.3. The van der Waals surface area contributed by atoms with Crippen LogP contribution in [0.5, 0.6) is 0 Å². The number of ether oxygens (including phenoxy) is 1. The van der Waals surface area contributed by atoms with Crippen molar-refractivity contribution >= 4 is 5.82 Å². The van der Waals surface area contributed by atoms with Crippen LogP contribution in [-0.2, 0) is 4.74 Å². The van der Waals surface area contributed by atoms with E-state index in [1.165, 1.54) is 0 Å². The van der Waals surface area contributed by atoms with Gasteiger partial charge in [-0.1, -0.05) is 0 Å². The lowest BCUT2D eigenvalue weighted by Gasteiger charge is -2.29. The average Bonchev–Trinajstić information content (AvgIpc) is 2.87. The first-order valence-corrected chi connectivity index (χ1v) is 8.04. The van der Waals surface area contributed by atoms with E-state index in [9.17, 15) is 0 Å². The van der Waals surface area contributed by atoms with Crippen LogP contribution in [0.3, 0.4) is 0 Å². The van der Waals surface area contributed by atoms with Crippen molar-refractivity contribution in [3.63, 3.8) is 0 Å². The molecule has 3 heterocycles. The summed E-state index contributed by atoms with van der Waals surface area (Å²) in [6.07, 6.45) is 3.49. The molecule has 1 fully saturated rings. The van der Waals surface area contributed by atoms with Crippen LogP contribution in [0.1, 0.15) is 18.3 Å². The normalized spacial score (nSPS) is 17.2. The average molecular weight is 316 g/mol. The largest absolute Gasteiger partial charge is 0.379 e. The van der Waals surface area contributed by atoms with E-state index >= 15 is 0 Å². The van der Waals surface area contributed by atoms with E-state index in [2.05, 4.69) is 32.2 Å². The van der Waals surface area contributed by atoms with Gasteiger partial charge in [-0.2, -0.15) is 5.10 Å². The maximum Gasteiger partial charge on any atom is 0.174 e. The van der Waals surface area contributed by atoms with E-state index in [0.717, 1.165) is 55.9 Å². The number of hydrogen-bond donors (Lipinski definition) is 1. The summed E-state index contributed by atoms with van der Waals surface area (Å²) in [5, 5.41) is 7.89. The minimum Gasteiger partial charge on any atom is -0.379 e. The molecule has 1 aliphatic heterocycles. The highest BCUT2D eigenvalue weighted by Gasteiger charge is 2.14. The topological polar surface area (TPSA) is 68.1 Å². The Bertz CT molecular complexity index is 650. The second-order valence-corrected chi connectivity index (χ2v) is 6.06. The quantitative estimate of drug-likeness (QED) is 0.899. The molecule has 0 amide bonds. The van der Waals surface area contributed by atoms with Crippen molar-refractivity contribution in [2.75, 3.05) is 38.2 Å². The van der Waals surface area contributed by atoms with E-state index in [-0.39, 0.29) is 6.04 Å². The van der Waals surface area contributed by atoms with Crippen LogP contribution < -0.4 is 5.32 Å². The molecule has 0 aromatic carbocycles.